The van der Waals surface area contributed by atoms with Crippen LogP contribution in [0.15, 0.2) is 18.2 Å². The molecule has 15 heavy (non-hydrogen) atoms. The third kappa shape index (κ3) is 2.59. The van der Waals surface area contributed by atoms with Crippen LogP contribution in [-0.2, 0) is 4.74 Å². The average Bonchev–Trinajstić information content (AvgIpc) is 2.25. The van der Waals surface area contributed by atoms with Gasteiger partial charge in [0.25, 0.3) is 0 Å². The Hall–Kier alpha value is -1.78. The van der Waals surface area contributed by atoms with E-state index >= 15 is 0 Å². The van der Waals surface area contributed by atoms with Crippen molar-refractivity contribution in [1.82, 2.24) is 0 Å². The Morgan fingerprint density at radius 3 is 2.87 bits per heavy atom. The second-order valence-corrected chi connectivity index (χ2v) is 2.75. The van der Waals surface area contributed by atoms with Crippen LogP contribution in [0.3, 0.4) is 0 Å². The van der Waals surface area contributed by atoms with Crippen LogP contribution in [0, 0.1) is 0 Å². The molecule has 0 atom stereocenters. The molecule has 0 saturated heterocycles. The molecule has 0 spiro atoms. The van der Waals surface area contributed by atoms with E-state index in [4.69, 9.17) is 10.5 Å². The van der Waals surface area contributed by atoms with Gasteiger partial charge in [-0.2, -0.15) is 0 Å². The van der Waals surface area contributed by atoms with Crippen LogP contribution < -0.4 is 10.5 Å². The van der Waals surface area contributed by atoms with Crippen LogP contribution in [0.1, 0.15) is 10.4 Å². The van der Waals surface area contributed by atoms with E-state index in [-0.39, 0.29) is 23.6 Å². The summed E-state index contributed by atoms with van der Waals surface area (Å²) < 4.78 is 21.5. The molecule has 0 fully saturated rings. The van der Waals surface area contributed by atoms with E-state index in [0.717, 1.165) is 0 Å². The molecule has 4 nitrogen and oxygen atoms in total. The quantitative estimate of drug-likeness (QED) is 0.606. The van der Waals surface area contributed by atoms with Crippen molar-refractivity contribution in [3.05, 3.63) is 23.8 Å². The highest BCUT2D eigenvalue weighted by Crippen LogP contribution is 2.25. The van der Waals surface area contributed by atoms with Crippen molar-refractivity contribution in [2.45, 2.75) is 0 Å². The van der Waals surface area contributed by atoms with Gasteiger partial charge in [0.05, 0.1) is 7.11 Å². The maximum Gasteiger partial charge on any atom is 0.343 e. The summed E-state index contributed by atoms with van der Waals surface area (Å²) in [6.07, 6.45) is 0. The van der Waals surface area contributed by atoms with Gasteiger partial charge in [0, 0.05) is 5.69 Å². The van der Waals surface area contributed by atoms with E-state index in [0.29, 0.717) is 0 Å². The molecule has 0 unspecified atom stereocenters. The van der Waals surface area contributed by atoms with Gasteiger partial charge in [-0.3, -0.25) is 0 Å². The van der Waals surface area contributed by atoms with Crippen LogP contribution in [0.2, 0.25) is 0 Å². The molecule has 0 aliphatic carbocycles. The van der Waals surface area contributed by atoms with E-state index < -0.39 is 12.6 Å². The van der Waals surface area contributed by atoms with Crippen molar-refractivity contribution in [2.75, 3.05) is 26.1 Å². The van der Waals surface area contributed by atoms with Crippen molar-refractivity contribution in [2.24, 2.45) is 0 Å². The number of carbonyl (C=O) groups is 1. The molecule has 0 aromatic heterocycles. The highest BCUT2D eigenvalue weighted by molar-refractivity contribution is 5.98. The van der Waals surface area contributed by atoms with Crippen LogP contribution in [-0.4, -0.2) is 26.4 Å². The van der Waals surface area contributed by atoms with Crippen molar-refractivity contribution in [3.63, 3.8) is 0 Å². The smallest absolute Gasteiger partial charge is 0.343 e. The number of nitrogens with two attached hydrogens (primary N) is 1. The lowest BCUT2D eigenvalue weighted by Gasteiger charge is -2.10. The third-order valence-corrected chi connectivity index (χ3v) is 1.78. The summed E-state index contributed by atoms with van der Waals surface area (Å²) in [5, 5.41) is 0. The summed E-state index contributed by atoms with van der Waals surface area (Å²) >= 11 is 0. The number of rotatable bonds is 4. The minimum absolute atomic E-state index is 0.118. The summed E-state index contributed by atoms with van der Waals surface area (Å²) in [7, 11) is 1.24. The van der Waals surface area contributed by atoms with E-state index in [9.17, 15) is 9.18 Å². The first-order chi connectivity index (χ1) is 7.20. The number of hydrogen-bond acceptors (Lipinski definition) is 4. The number of anilines is 1. The molecule has 0 heterocycles. The minimum atomic E-state index is -0.630. The van der Waals surface area contributed by atoms with E-state index in [1.807, 2.05) is 0 Å². The molecular formula is C10H12FNO3. The Balaban J connectivity index is 3.03. The fraction of sp³-hybridized carbons (Fsp3) is 0.300. The van der Waals surface area contributed by atoms with Gasteiger partial charge >= 0.3 is 5.97 Å². The fourth-order valence-electron chi connectivity index (χ4n) is 1.14. The first-order valence-corrected chi connectivity index (χ1v) is 4.36. The number of carbonyl (C=O) groups excluding carboxylic acids is 1. The first kappa shape index (κ1) is 11.3. The molecular weight excluding hydrogens is 201 g/mol. The van der Waals surface area contributed by atoms with Crippen molar-refractivity contribution >= 4 is 11.7 Å². The zero-order chi connectivity index (χ0) is 11.3. The number of esters is 1. The number of benzene rings is 1. The summed E-state index contributed by atoms with van der Waals surface area (Å²) in [4.78, 5) is 11.3. The molecule has 5 heteroatoms. The molecule has 1 rings (SSSR count). The predicted molar refractivity (Wildman–Crippen MR) is 53.7 cm³/mol. The molecule has 2 N–H and O–H groups in total. The largest absolute Gasteiger partial charge is 0.490 e. The molecule has 0 aliphatic heterocycles. The highest BCUT2D eigenvalue weighted by atomic mass is 19.1. The lowest BCUT2D eigenvalue weighted by atomic mass is 10.1. The molecule has 0 bridgehead atoms. The Morgan fingerprint density at radius 1 is 1.53 bits per heavy atom. The first-order valence-electron chi connectivity index (χ1n) is 4.36. The van der Waals surface area contributed by atoms with Gasteiger partial charge in [0.2, 0.25) is 0 Å². The maximum atomic E-state index is 11.9. The highest BCUT2D eigenvalue weighted by Gasteiger charge is 2.16. The molecule has 82 valence electrons. The van der Waals surface area contributed by atoms with Gasteiger partial charge in [-0.25, -0.2) is 9.18 Å². The molecule has 0 radical (unpaired) electrons. The predicted octanol–water partition coefficient (Wildman–Crippen LogP) is 1.40. The standard InChI is InChI=1S/C10H12FNO3/c1-14-10(13)9-7(12)3-2-4-8(9)15-6-5-11/h2-4H,5-6,12H2,1H3. The Labute approximate surface area is 86.8 Å². The SMILES string of the molecule is COC(=O)c1c(N)cccc1OCCF. The van der Waals surface area contributed by atoms with Crippen molar-refractivity contribution in [1.29, 1.82) is 0 Å². The molecule has 0 aliphatic rings. The van der Waals surface area contributed by atoms with Gasteiger partial charge in [0.1, 0.15) is 24.6 Å². The third-order valence-electron chi connectivity index (χ3n) is 1.78. The van der Waals surface area contributed by atoms with Gasteiger partial charge in [-0.05, 0) is 12.1 Å². The van der Waals surface area contributed by atoms with Crippen LogP contribution >= 0.6 is 0 Å². The summed E-state index contributed by atoms with van der Waals surface area (Å²) in [6, 6.07) is 4.71. The maximum absolute atomic E-state index is 11.9. The fourth-order valence-corrected chi connectivity index (χ4v) is 1.14. The Morgan fingerprint density at radius 2 is 2.27 bits per heavy atom. The lowest BCUT2D eigenvalue weighted by molar-refractivity contribution is 0.0597. The summed E-state index contributed by atoms with van der Waals surface area (Å²) in [6.45, 7) is -0.747. The number of nitrogen functional groups attached to an aromatic ring is 1. The number of methoxy groups -OCH3 is 1. The zero-order valence-corrected chi connectivity index (χ0v) is 8.33. The minimum Gasteiger partial charge on any atom is -0.490 e. The van der Waals surface area contributed by atoms with E-state index in [1.54, 1.807) is 12.1 Å². The van der Waals surface area contributed by atoms with E-state index in [2.05, 4.69) is 4.74 Å². The van der Waals surface area contributed by atoms with Gasteiger partial charge in [-0.1, -0.05) is 6.07 Å². The zero-order valence-electron chi connectivity index (χ0n) is 8.33. The van der Waals surface area contributed by atoms with Crippen molar-refractivity contribution in [3.8, 4) is 5.75 Å². The van der Waals surface area contributed by atoms with Crippen LogP contribution in [0.25, 0.3) is 0 Å². The van der Waals surface area contributed by atoms with Gasteiger partial charge in [0.15, 0.2) is 0 Å². The summed E-state index contributed by atoms with van der Waals surface area (Å²) in [5.74, 6) is -0.360. The van der Waals surface area contributed by atoms with Gasteiger partial charge in [-0.15, -0.1) is 0 Å². The number of alkyl halides is 1. The molecule has 1 aromatic carbocycles. The number of ether oxygens (including phenoxy) is 2. The van der Waals surface area contributed by atoms with Crippen LogP contribution in [0.4, 0.5) is 10.1 Å². The average molecular weight is 213 g/mol. The second-order valence-electron chi connectivity index (χ2n) is 2.75. The van der Waals surface area contributed by atoms with Crippen molar-refractivity contribution < 1.29 is 18.7 Å². The molecule has 0 amide bonds. The molecule has 1 aromatic rings. The monoisotopic (exact) mass is 213 g/mol. The topological polar surface area (TPSA) is 61.5 Å². The number of halogens is 1. The normalized spacial score (nSPS) is 9.73. The Kier molecular flexibility index (Phi) is 3.91. The lowest BCUT2D eigenvalue weighted by Crippen LogP contribution is -2.10. The Bertz CT molecular complexity index is 355. The van der Waals surface area contributed by atoms with Gasteiger partial charge < -0.3 is 15.2 Å². The van der Waals surface area contributed by atoms with Crippen LogP contribution in [0.5, 0.6) is 5.75 Å². The molecule has 0 saturated carbocycles. The second kappa shape index (κ2) is 5.19. The van der Waals surface area contributed by atoms with E-state index in [1.165, 1.54) is 13.2 Å². The number of hydrogen-bond donors (Lipinski definition) is 1. The summed E-state index contributed by atoms with van der Waals surface area (Å²) in [5.41, 5.74) is 5.98.